The average molecular weight is 363 g/mol. The van der Waals surface area contributed by atoms with Gasteiger partial charge in [0.2, 0.25) is 0 Å². The Labute approximate surface area is 148 Å². The fourth-order valence-electron chi connectivity index (χ4n) is 2.49. The summed E-state index contributed by atoms with van der Waals surface area (Å²) in [7, 11) is 0. The molecule has 1 saturated heterocycles. The fourth-order valence-corrected chi connectivity index (χ4v) is 2.96. The number of aryl methyl sites for hydroxylation is 1. The van der Waals surface area contributed by atoms with Gasteiger partial charge in [-0.2, -0.15) is 0 Å². The highest BCUT2D eigenvalue weighted by Gasteiger charge is 2.31. The van der Waals surface area contributed by atoms with Crippen molar-refractivity contribution in [2.75, 3.05) is 19.8 Å². The Balaban J connectivity index is 0.00000264. The summed E-state index contributed by atoms with van der Waals surface area (Å²) < 4.78 is 5.51. The molecule has 0 aliphatic carbocycles. The van der Waals surface area contributed by atoms with Crippen molar-refractivity contribution in [3.63, 3.8) is 0 Å². The van der Waals surface area contributed by atoms with E-state index in [0.717, 1.165) is 11.1 Å². The number of hydrogen-bond donors (Lipinski definition) is 3. The molecule has 1 aliphatic rings. The van der Waals surface area contributed by atoms with Crippen LogP contribution >= 0.6 is 24.0 Å². The van der Waals surface area contributed by atoms with Crippen molar-refractivity contribution in [3.05, 3.63) is 34.3 Å². The average Bonchev–Trinajstić information content (AvgIpc) is 2.46. The smallest absolute Gasteiger partial charge is 0.251 e. The fraction of sp³-hybridized carbons (Fsp3) is 0.562. The summed E-state index contributed by atoms with van der Waals surface area (Å²) >= 11 is 6.30. The third-order valence-corrected chi connectivity index (χ3v) is 4.15. The molecular weight excluding hydrogens is 339 g/mol. The van der Waals surface area contributed by atoms with Crippen LogP contribution in [0.25, 0.3) is 0 Å². The maximum absolute atomic E-state index is 12.4. The van der Waals surface area contributed by atoms with Crippen molar-refractivity contribution in [2.24, 2.45) is 0 Å². The molecule has 0 bridgehead atoms. The molecule has 1 amide bonds. The first-order valence-corrected chi connectivity index (χ1v) is 7.76. The second-order valence-corrected chi connectivity index (χ2v) is 6.61. The lowest BCUT2D eigenvalue weighted by molar-refractivity contribution is -0.137. The number of hydrogen-bond acceptors (Lipinski definition) is 4. The van der Waals surface area contributed by atoms with Gasteiger partial charge in [0, 0.05) is 11.6 Å². The van der Waals surface area contributed by atoms with Gasteiger partial charge in [0.1, 0.15) is 6.10 Å². The van der Waals surface area contributed by atoms with Crippen molar-refractivity contribution in [1.82, 2.24) is 10.6 Å². The van der Waals surface area contributed by atoms with Crippen molar-refractivity contribution < 1.29 is 14.6 Å². The predicted octanol–water partition coefficient (Wildman–Crippen LogP) is 1.77. The first-order chi connectivity index (χ1) is 10.3. The molecule has 0 spiro atoms. The lowest BCUT2D eigenvalue weighted by Crippen LogP contribution is -2.56. The molecule has 0 radical (unpaired) electrons. The topological polar surface area (TPSA) is 70.6 Å². The molecule has 0 saturated carbocycles. The number of amides is 1. The first kappa shape index (κ1) is 20.2. The standard InChI is InChI=1S/C16H23ClN2O3.ClH/c1-10-4-5-12(13(17)6-10)16(2,3)19-15(21)14-7-18-11(8-20)9-22-14;/h4-6,11,14,18,20H,7-9H2,1-3H3,(H,19,21);1H/t11-,14+;/m1./s1. The van der Waals surface area contributed by atoms with Crippen LogP contribution in [0.1, 0.15) is 25.0 Å². The van der Waals surface area contributed by atoms with Crippen molar-refractivity contribution >= 4 is 29.9 Å². The molecule has 130 valence electrons. The zero-order valence-corrected chi connectivity index (χ0v) is 15.1. The van der Waals surface area contributed by atoms with Crippen LogP contribution in [0.4, 0.5) is 0 Å². The van der Waals surface area contributed by atoms with Crippen LogP contribution in [0.3, 0.4) is 0 Å². The minimum atomic E-state index is -0.598. The highest BCUT2D eigenvalue weighted by Crippen LogP contribution is 2.28. The SMILES string of the molecule is Cc1ccc(C(C)(C)NC(=O)[C@@H]2CN[C@H](CO)CO2)c(Cl)c1.Cl. The van der Waals surface area contributed by atoms with E-state index < -0.39 is 11.6 Å². The van der Waals surface area contributed by atoms with E-state index in [1.807, 2.05) is 39.0 Å². The van der Waals surface area contributed by atoms with E-state index in [1.165, 1.54) is 0 Å². The summed E-state index contributed by atoms with van der Waals surface area (Å²) in [5.41, 5.74) is 1.34. The Kier molecular flexibility index (Phi) is 7.29. The van der Waals surface area contributed by atoms with E-state index in [-0.39, 0.29) is 31.0 Å². The van der Waals surface area contributed by atoms with Crippen LogP contribution in [0.2, 0.25) is 5.02 Å². The van der Waals surface area contributed by atoms with E-state index >= 15 is 0 Å². The maximum atomic E-state index is 12.4. The van der Waals surface area contributed by atoms with Crippen LogP contribution in [0.5, 0.6) is 0 Å². The van der Waals surface area contributed by atoms with Gasteiger partial charge in [-0.05, 0) is 38.0 Å². The maximum Gasteiger partial charge on any atom is 0.251 e. The van der Waals surface area contributed by atoms with Crippen molar-refractivity contribution in [3.8, 4) is 0 Å². The van der Waals surface area contributed by atoms with E-state index in [0.29, 0.717) is 18.2 Å². The first-order valence-electron chi connectivity index (χ1n) is 7.38. The number of morpholine rings is 1. The molecule has 2 atom stereocenters. The zero-order valence-electron chi connectivity index (χ0n) is 13.6. The quantitative estimate of drug-likeness (QED) is 0.763. The Morgan fingerprint density at radius 3 is 2.74 bits per heavy atom. The number of ether oxygens (including phenoxy) is 1. The van der Waals surface area contributed by atoms with Gasteiger partial charge in [-0.15, -0.1) is 12.4 Å². The number of aliphatic hydroxyl groups is 1. The molecule has 1 aliphatic heterocycles. The lowest BCUT2D eigenvalue weighted by atomic mass is 9.93. The van der Waals surface area contributed by atoms with Gasteiger partial charge in [0.15, 0.2) is 0 Å². The third kappa shape index (κ3) is 5.06. The summed E-state index contributed by atoms with van der Waals surface area (Å²) in [5, 5.41) is 15.7. The predicted molar refractivity (Wildman–Crippen MR) is 93.2 cm³/mol. The molecular formula is C16H24Cl2N2O3. The Morgan fingerprint density at radius 1 is 1.52 bits per heavy atom. The molecule has 23 heavy (non-hydrogen) atoms. The second kappa shape index (κ2) is 8.31. The van der Waals surface area contributed by atoms with Crippen LogP contribution in [-0.2, 0) is 15.1 Å². The monoisotopic (exact) mass is 362 g/mol. The molecule has 1 heterocycles. The summed E-state index contributed by atoms with van der Waals surface area (Å²) in [4.78, 5) is 12.4. The Morgan fingerprint density at radius 2 is 2.22 bits per heavy atom. The number of aliphatic hydroxyl groups excluding tert-OH is 1. The number of benzene rings is 1. The highest BCUT2D eigenvalue weighted by molar-refractivity contribution is 6.31. The van der Waals surface area contributed by atoms with Gasteiger partial charge in [-0.25, -0.2) is 0 Å². The second-order valence-electron chi connectivity index (χ2n) is 6.21. The normalized spacial score (nSPS) is 21.4. The molecule has 1 fully saturated rings. The van der Waals surface area contributed by atoms with Crippen LogP contribution < -0.4 is 10.6 Å². The Bertz CT molecular complexity index is 544. The number of rotatable bonds is 4. The zero-order chi connectivity index (χ0) is 16.3. The molecule has 0 aromatic heterocycles. The van der Waals surface area contributed by atoms with Gasteiger partial charge in [0.25, 0.3) is 5.91 Å². The highest BCUT2D eigenvalue weighted by atomic mass is 35.5. The number of carbonyl (C=O) groups excluding carboxylic acids is 1. The summed E-state index contributed by atoms with van der Waals surface area (Å²) in [6.45, 7) is 6.50. The molecule has 3 N–H and O–H groups in total. The molecule has 1 aromatic rings. The van der Waals surface area contributed by atoms with Crippen LogP contribution in [-0.4, -0.2) is 42.9 Å². The Hall–Kier alpha value is -0.850. The number of carbonyl (C=O) groups is 1. The minimum Gasteiger partial charge on any atom is -0.395 e. The van der Waals surface area contributed by atoms with E-state index in [9.17, 15) is 4.79 Å². The van der Waals surface area contributed by atoms with Crippen LogP contribution in [0, 0.1) is 6.92 Å². The molecule has 5 nitrogen and oxygen atoms in total. The number of nitrogens with one attached hydrogen (secondary N) is 2. The van der Waals surface area contributed by atoms with E-state index in [4.69, 9.17) is 21.4 Å². The summed E-state index contributed by atoms with van der Waals surface area (Å²) in [6, 6.07) is 5.68. The van der Waals surface area contributed by atoms with Gasteiger partial charge in [-0.3, -0.25) is 4.79 Å². The van der Waals surface area contributed by atoms with Gasteiger partial charge in [-0.1, -0.05) is 23.7 Å². The molecule has 7 heteroatoms. The van der Waals surface area contributed by atoms with Gasteiger partial charge < -0.3 is 20.5 Å². The lowest BCUT2D eigenvalue weighted by Gasteiger charge is -2.33. The van der Waals surface area contributed by atoms with Gasteiger partial charge >= 0.3 is 0 Å². The summed E-state index contributed by atoms with van der Waals surface area (Å²) in [5.74, 6) is -0.189. The molecule has 1 aromatic carbocycles. The van der Waals surface area contributed by atoms with E-state index in [2.05, 4.69) is 10.6 Å². The number of halogens is 2. The molecule has 2 rings (SSSR count). The third-order valence-electron chi connectivity index (χ3n) is 3.84. The van der Waals surface area contributed by atoms with Gasteiger partial charge in [0.05, 0.1) is 24.8 Å². The molecule has 0 unspecified atom stereocenters. The minimum absolute atomic E-state index is 0. The van der Waals surface area contributed by atoms with Crippen LogP contribution in [0.15, 0.2) is 18.2 Å². The van der Waals surface area contributed by atoms with E-state index in [1.54, 1.807) is 0 Å². The van der Waals surface area contributed by atoms with Crippen molar-refractivity contribution in [2.45, 2.75) is 38.5 Å². The summed E-state index contributed by atoms with van der Waals surface area (Å²) in [6.07, 6.45) is -0.564. The van der Waals surface area contributed by atoms with Crippen molar-refractivity contribution in [1.29, 1.82) is 0 Å². The largest absolute Gasteiger partial charge is 0.395 e.